The van der Waals surface area contributed by atoms with Crippen LogP contribution in [0.4, 0.5) is 0 Å². The van der Waals surface area contributed by atoms with E-state index in [4.69, 9.17) is 14.6 Å². The number of esters is 1. The summed E-state index contributed by atoms with van der Waals surface area (Å²) in [6.45, 7) is 3.78. The smallest absolute Gasteiger partial charge is 0.331 e. The second kappa shape index (κ2) is 13.5. The highest BCUT2D eigenvalue weighted by molar-refractivity contribution is 5.70. The summed E-state index contributed by atoms with van der Waals surface area (Å²) in [4.78, 5) is 10.6. The summed E-state index contributed by atoms with van der Waals surface area (Å²) in [5.74, 6) is -0.530. The molecule has 0 aliphatic heterocycles. The van der Waals surface area contributed by atoms with Crippen LogP contribution in [-0.4, -0.2) is 37.5 Å². The SMILES string of the molecule is CCCOCCCCCCCCOC(=O)CO. The molecule has 0 spiro atoms. The molecular formula is C13H26O4. The van der Waals surface area contributed by atoms with E-state index in [1.54, 1.807) is 0 Å². The maximum atomic E-state index is 10.6. The van der Waals surface area contributed by atoms with Crippen molar-refractivity contribution < 1.29 is 19.4 Å². The highest BCUT2D eigenvalue weighted by atomic mass is 16.5. The van der Waals surface area contributed by atoms with Crippen LogP contribution >= 0.6 is 0 Å². The van der Waals surface area contributed by atoms with Crippen LogP contribution in [-0.2, 0) is 14.3 Å². The molecule has 0 unspecified atom stereocenters. The molecular weight excluding hydrogens is 220 g/mol. The van der Waals surface area contributed by atoms with Gasteiger partial charge < -0.3 is 14.6 Å². The summed E-state index contributed by atoms with van der Waals surface area (Å²) in [7, 11) is 0. The van der Waals surface area contributed by atoms with Gasteiger partial charge in [0.2, 0.25) is 0 Å². The van der Waals surface area contributed by atoms with E-state index in [0.717, 1.165) is 38.9 Å². The number of ether oxygens (including phenoxy) is 2. The number of hydrogen-bond acceptors (Lipinski definition) is 4. The lowest BCUT2D eigenvalue weighted by Crippen LogP contribution is -2.09. The zero-order valence-corrected chi connectivity index (χ0v) is 11.0. The predicted octanol–water partition coefficient (Wildman–Crippen LogP) is 2.29. The molecule has 0 aliphatic carbocycles. The standard InChI is InChI=1S/C13H26O4/c1-2-9-16-10-7-5-3-4-6-8-11-17-13(15)12-14/h14H,2-12H2,1H3. The van der Waals surface area contributed by atoms with Crippen molar-refractivity contribution in [3.8, 4) is 0 Å². The van der Waals surface area contributed by atoms with E-state index in [0.29, 0.717) is 6.61 Å². The third-order valence-electron chi connectivity index (χ3n) is 2.42. The van der Waals surface area contributed by atoms with Gasteiger partial charge in [-0.1, -0.05) is 32.6 Å². The number of aliphatic hydroxyl groups is 1. The van der Waals surface area contributed by atoms with Crippen molar-refractivity contribution in [3.05, 3.63) is 0 Å². The van der Waals surface area contributed by atoms with Gasteiger partial charge in [-0.25, -0.2) is 4.79 Å². The van der Waals surface area contributed by atoms with Crippen molar-refractivity contribution in [1.82, 2.24) is 0 Å². The summed E-state index contributed by atoms with van der Waals surface area (Å²) in [5.41, 5.74) is 0. The molecule has 0 heterocycles. The lowest BCUT2D eigenvalue weighted by atomic mass is 10.1. The molecule has 0 aliphatic rings. The zero-order valence-electron chi connectivity index (χ0n) is 11.0. The molecule has 0 amide bonds. The van der Waals surface area contributed by atoms with Crippen LogP contribution in [0.1, 0.15) is 51.9 Å². The Hall–Kier alpha value is -0.610. The van der Waals surface area contributed by atoms with E-state index in [9.17, 15) is 4.79 Å². The first kappa shape index (κ1) is 16.4. The van der Waals surface area contributed by atoms with Crippen molar-refractivity contribution in [2.45, 2.75) is 51.9 Å². The van der Waals surface area contributed by atoms with Crippen LogP contribution in [0.2, 0.25) is 0 Å². The molecule has 0 saturated heterocycles. The van der Waals surface area contributed by atoms with Crippen molar-refractivity contribution in [3.63, 3.8) is 0 Å². The van der Waals surface area contributed by atoms with Crippen LogP contribution < -0.4 is 0 Å². The minimum atomic E-state index is -0.530. The zero-order chi connectivity index (χ0) is 12.8. The van der Waals surface area contributed by atoms with Gasteiger partial charge in [-0.2, -0.15) is 0 Å². The molecule has 0 rings (SSSR count). The van der Waals surface area contributed by atoms with Crippen LogP contribution in [0.5, 0.6) is 0 Å². The molecule has 0 aromatic carbocycles. The fraction of sp³-hybridized carbons (Fsp3) is 0.923. The molecule has 4 nitrogen and oxygen atoms in total. The Balaban J connectivity index is 2.96. The summed E-state index contributed by atoms with van der Waals surface area (Å²) in [6.07, 6.45) is 7.78. The molecule has 0 bridgehead atoms. The molecule has 0 atom stereocenters. The number of aliphatic hydroxyl groups excluding tert-OH is 1. The van der Waals surface area contributed by atoms with Gasteiger partial charge in [-0.15, -0.1) is 0 Å². The van der Waals surface area contributed by atoms with Gasteiger partial charge in [0, 0.05) is 13.2 Å². The van der Waals surface area contributed by atoms with Crippen LogP contribution in [0, 0.1) is 0 Å². The monoisotopic (exact) mass is 246 g/mol. The Morgan fingerprint density at radius 1 is 0.941 bits per heavy atom. The molecule has 1 N–H and O–H groups in total. The number of carbonyl (C=O) groups is 1. The Labute approximate surface area is 104 Å². The first-order valence-corrected chi connectivity index (χ1v) is 6.65. The van der Waals surface area contributed by atoms with Gasteiger partial charge in [0.15, 0.2) is 0 Å². The molecule has 0 saturated carbocycles. The van der Waals surface area contributed by atoms with Crippen LogP contribution in [0.15, 0.2) is 0 Å². The minimum absolute atomic E-state index is 0.430. The Morgan fingerprint density at radius 3 is 2.12 bits per heavy atom. The van der Waals surface area contributed by atoms with Crippen LogP contribution in [0.25, 0.3) is 0 Å². The number of rotatable bonds is 12. The molecule has 17 heavy (non-hydrogen) atoms. The summed E-state index contributed by atoms with van der Waals surface area (Å²) in [5, 5.41) is 8.41. The number of carbonyl (C=O) groups excluding carboxylic acids is 1. The van der Waals surface area contributed by atoms with Gasteiger partial charge >= 0.3 is 5.97 Å². The van der Waals surface area contributed by atoms with E-state index in [1.165, 1.54) is 19.3 Å². The third-order valence-corrected chi connectivity index (χ3v) is 2.42. The topological polar surface area (TPSA) is 55.8 Å². The lowest BCUT2D eigenvalue weighted by molar-refractivity contribution is -0.147. The Bertz CT molecular complexity index is 171. The van der Waals surface area contributed by atoms with E-state index < -0.39 is 12.6 Å². The van der Waals surface area contributed by atoms with E-state index >= 15 is 0 Å². The number of hydrogen-bond donors (Lipinski definition) is 1. The van der Waals surface area contributed by atoms with Crippen molar-refractivity contribution >= 4 is 5.97 Å². The maximum Gasteiger partial charge on any atom is 0.331 e. The van der Waals surface area contributed by atoms with E-state index in [1.807, 2.05) is 0 Å². The maximum absolute atomic E-state index is 10.6. The van der Waals surface area contributed by atoms with Gasteiger partial charge in [0.25, 0.3) is 0 Å². The first-order valence-electron chi connectivity index (χ1n) is 6.65. The average Bonchev–Trinajstić information content (AvgIpc) is 2.35. The van der Waals surface area contributed by atoms with Gasteiger partial charge in [0.1, 0.15) is 6.61 Å². The Morgan fingerprint density at radius 2 is 1.53 bits per heavy atom. The molecule has 4 heteroatoms. The highest BCUT2D eigenvalue weighted by Crippen LogP contribution is 2.05. The second-order valence-corrected chi connectivity index (χ2v) is 4.11. The molecule has 0 aromatic rings. The largest absolute Gasteiger partial charge is 0.464 e. The normalized spacial score (nSPS) is 10.5. The fourth-order valence-corrected chi connectivity index (χ4v) is 1.49. The molecule has 102 valence electrons. The van der Waals surface area contributed by atoms with Crippen molar-refractivity contribution in [1.29, 1.82) is 0 Å². The van der Waals surface area contributed by atoms with Gasteiger partial charge in [-0.3, -0.25) is 0 Å². The third kappa shape index (κ3) is 13.3. The Kier molecular flexibility index (Phi) is 13.0. The lowest BCUT2D eigenvalue weighted by Gasteiger charge is -2.04. The quantitative estimate of drug-likeness (QED) is 0.424. The van der Waals surface area contributed by atoms with Crippen molar-refractivity contribution in [2.75, 3.05) is 26.4 Å². The van der Waals surface area contributed by atoms with Gasteiger partial charge in [0.05, 0.1) is 6.61 Å². The summed E-state index contributed by atoms with van der Waals surface area (Å²) in [6, 6.07) is 0. The first-order chi connectivity index (χ1) is 8.31. The molecule has 0 fully saturated rings. The summed E-state index contributed by atoms with van der Waals surface area (Å²) < 4.78 is 10.1. The van der Waals surface area contributed by atoms with E-state index in [2.05, 4.69) is 6.92 Å². The fourth-order valence-electron chi connectivity index (χ4n) is 1.49. The number of unbranched alkanes of at least 4 members (excludes halogenated alkanes) is 5. The molecule has 0 aromatic heterocycles. The second-order valence-electron chi connectivity index (χ2n) is 4.11. The summed E-state index contributed by atoms with van der Waals surface area (Å²) >= 11 is 0. The minimum Gasteiger partial charge on any atom is -0.464 e. The molecule has 0 radical (unpaired) electrons. The van der Waals surface area contributed by atoms with E-state index in [-0.39, 0.29) is 0 Å². The highest BCUT2D eigenvalue weighted by Gasteiger charge is 1.98. The van der Waals surface area contributed by atoms with Crippen LogP contribution in [0.3, 0.4) is 0 Å². The average molecular weight is 246 g/mol. The predicted molar refractivity (Wildman–Crippen MR) is 66.9 cm³/mol. The van der Waals surface area contributed by atoms with Gasteiger partial charge in [-0.05, 0) is 19.3 Å². The van der Waals surface area contributed by atoms with Crippen molar-refractivity contribution in [2.24, 2.45) is 0 Å².